The summed E-state index contributed by atoms with van der Waals surface area (Å²) in [6.45, 7) is 1.95. The predicted octanol–water partition coefficient (Wildman–Crippen LogP) is 3.30. The summed E-state index contributed by atoms with van der Waals surface area (Å²) in [5, 5.41) is 5.76. The summed E-state index contributed by atoms with van der Waals surface area (Å²) >= 11 is 5.26. The van der Waals surface area contributed by atoms with Gasteiger partial charge in [0.25, 0.3) is 0 Å². The maximum Gasteiger partial charge on any atom is 0.139 e. The first-order valence-electron chi connectivity index (χ1n) is 7.20. The lowest BCUT2D eigenvalue weighted by Gasteiger charge is -2.13. The van der Waals surface area contributed by atoms with Gasteiger partial charge in [0.1, 0.15) is 11.2 Å². The first kappa shape index (κ1) is 15.6. The van der Waals surface area contributed by atoms with E-state index in [9.17, 15) is 0 Å². The van der Waals surface area contributed by atoms with Crippen molar-refractivity contribution in [2.24, 2.45) is 4.99 Å². The van der Waals surface area contributed by atoms with Crippen LogP contribution in [0.3, 0.4) is 0 Å². The molecule has 1 unspecified atom stereocenters. The summed E-state index contributed by atoms with van der Waals surface area (Å²) in [5.41, 5.74) is 10.1. The molecule has 3 rings (SSSR count). The van der Waals surface area contributed by atoms with Crippen molar-refractivity contribution in [3.05, 3.63) is 35.3 Å². The van der Waals surface area contributed by atoms with E-state index in [2.05, 4.69) is 25.9 Å². The van der Waals surface area contributed by atoms with E-state index in [1.807, 2.05) is 36.1 Å². The number of nitrogens with zero attached hydrogens (tertiary/aromatic N) is 4. The van der Waals surface area contributed by atoms with Crippen molar-refractivity contribution >= 4 is 39.7 Å². The highest BCUT2D eigenvalue weighted by atomic mass is 79.9. The lowest BCUT2D eigenvalue weighted by molar-refractivity contribution is 0.806. The molecular weight excluding hydrogens is 362 g/mol. The molecule has 2 N–H and O–H groups in total. The molecule has 0 saturated heterocycles. The molecule has 1 aliphatic heterocycles. The molecule has 22 heavy (non-hydrogen) atoms. The van der Waals surface area contributed by atoms with E-state index in [4.69, 9.17) is 10.8 Å². The quantitative estimate of drug-likeness (QED) is 0.809. The fourth-order valence-corrected chi connectivity index (χ4v) is 3.60. The average Bonchev–Trinajstić information content (AvgIpc) is 3.16. The van der Waals surface area contributed by atoms with Crippen LogP contribution in [0.25, 0.3) is 5.69 Å². The molecule has 0 saturated carbocycles. The predicted molar refractivity (Wildman–Crippen MR) is 96.3 cm³/mol. The minimum absolute atomic E-state index is 0.118. The molecule has 2 aromatic rings. The molecule has 1 atom stereocenters. The van der Waals surface area contributed by atoms with Gasteiger partial charge in [-0.05, 0) is 31.9 Å². The van der Waals surface area contributed by atoms with Crippen molar-refractivity contribution < 1.29 is 0 Å². The first-order valence-corrected chi connectivity index (χ1v) is 9.37. The zero-order chi connectivity index (χ0) is 15.5. The van der Waals surface area contributed by atoms with E-state index in [0.29, 0.717) is 5.82 Å². The van der Waals surface area contributed by atoms with Crippen LogP contribution in [0.1, 0.15) is 28.7 Å². The maximum atomic E-state index is 6.13. The van der Waals surface area contributed by atoms with E-state index in [1.54, 1.807) is 11.8 Å². The van der Waals surface area contributed by atoms with Crippen molar-refractivity contribution in [2.45, 2.75) is 25.1 Å². The molecule has 7 heteroatoms. The Morgan fingerprint density at radius 1 is 1.50 bits per heavy atom. The molecule has 0 aromatic carbocycles. The molecule has 2 aromatic heterocycles. The van der Waals surface area contributed by atoms with Gasteiger partial charge in [0.05, 0.1) is 11.4 Å². The minimum atomic E-state index is 0.118. The van der Waals surface area contributed by atoms with Gasteiger partial charge in [0.2, 0.25) is 0 Å². The molecule has 3 heterocycles. The molecule has 0 bridgehead atoms. The Morgan fingerprint density at radius 3 is 3.09 bits per heavy atom. The van der Waals surface area contributed by atoms with Crippen LogP contribution in [0, 0.1) is 6.92 Å². The van der Waals surface area contributed by atoms with E-state index in [-0.39, 0.29) is 5.37 Å². The molecule has 0 aliphatic carbocycles. The number of anilines is 1. The summed E-state index contributed by atoms with van der Waals surface area (Å²) in [7, 11) is 0. The smallest absolute Gasteiger partial charge is 0.139 e. The van der Waals surface area contributed by atoms with Crippen molar-refractivity contribution in [3.8, 4) is 5.69 Å². The number of nitrogens with two attached hydrogens (primary N) is 1. The van der Waals surface area contributed by atoms with Gasteiger partial charge in [0.15, 0.2) is 0 Å². The molecule has 0 amide bonds. The van der Waals surface area contributed by atoms with Crippen LogP contribution < -0.4 is 5.73 Å². The molecule has 0 spiro atoms. The van der Waals surface area contributed by atoms with Crippen molar-refractivity contribution in [3.63, 3.8) is 0 Å². The van der Waals surface area contributed by atoms with E-state index < -0.39 is 0 Å². The topological polar surface area (TPSA) is 69.1 Å². The number of halogens is 1. The number of rotatable bonds is 5. The zero-order valence-electron chi connectivity index (χ0n) is 12.4. The molecule has 0 radical (unpaired) electrons. The fourth-order valence-electron chi connectivity index (χ4n) is 2.49. The Morgan fingerprint density at radius 2 is 2.36 bits per heavy atom. The van der Waals surface area contributed by atoms with Crippen LogP contribution in [0.2, 0.25) is 0 Å². The number of hydrogen-bond donors (Lipinski definition) is 1. The second-order valence-electron chi connectivity index (χ2n) is 5.14. The summed E-state index contributed by atoms with van der Waals surface area (Å²) in [4.78, 5) is 8.83. The zero-order valence-corrected chi connectivity index (χ0v) is 14.8. The van der Waals surface area contributed by atoms with Crippen LogP contribution in [-0.4, -0.2) is 32.1 Å². The van der Waals surface area contributed by atoms with Gasteiger partial charge in [-0.25, -0.2) is 9.67 Å². The van der Waals surface area contributed by atoms with Crippen LogP contribution in [0.15, 0.2) is 23.3 Å². The number of nitrogen functional groups attached to an aromatic ring is 1. The normalized spacial score (nSPS) is 17.3. The van der Waals surface area contributed by atoms with Crippen LogP contribution >= 0.6 is 27.7 Å². The number of aryl methyl sites for hydroxylation is 1. The highest BCUT2D eigenvalue weighted by molar-refractivity contribution is 9.09. The van der Waals surface area contributed by atoms with Gasteiger partial charge in [-0.2, -0.15) is 5.10 Å². The van der Waals surface area contributed by atoms with Gasteiger partial charge in [-0.1, -0.05) is 15.9 Å². The third-order valence-corrected chi connectivity index (χ3v) is 5.08. The van der Waals surface area contributed by atoms with E-state index >= 15 is 0 Å². The average molecular weight is 380 g/mol. The Labute approximate surface area is 142 Å². The molecule has 116 valence electrons. The lowest BCUT2D eigenvalue weighted by atomic mass is 10.1. The monoisotopic (exact) mass is 379 g/mol. The largest absolute Gasteiger partial charge is 0.383 e. The van der Waals surface area contributed by atoms with Gasteiger partial charge in [0, 0.05) is 34.8 Å². The maximum absolute atomic E-state index is 6.13. The molecule has 0 fully saturated rings. The summed E-state index contributed by atoms with van der Waals surface area (Å²) in [6.07, 6.45) is 5.82. The van der Waals surface area contributed by atoms with Crippen molar-refractivity contribution in [2.75, 3.05) is 16.8 Å². The van der Waals surface area contributed by atoms with Gasteiger partial charge in [-0.3, -0.25) is 4.99 Å². The highest BCUT2D eigenvalue weighted by Gasteiger charge is 2.18. The van der Waals surface area contributed by atoms with Crippen molar-refractivity contribution in [1.29, 1.82) is 0 Å². The number of hydrogen-bond acceptors (Lipinski definition) is 5. The van der Waals surface area contributed by atoms with Crippen molar-refractivity contribution in [1.82, 2.24) is 14.8 Å². The second kappa shape index (κ2) is 6.83. The Hall–Kier alpha value is -1.34. The third-order valence-electron chi connectivity index (χ3n) is 3.50. The molecular formula is C15H18BrN5S. The van der Waals surface area contributed by atoms with Gasteiger partial charge < -0.3 is 5.73 Å². The van der Waals surface area contributed by atoms with Crippen LogP contribution in [-0.2, 0) is 6.42 Å². The van der Waals surface area contributed by atoms with Crippen LogP contribution in [0.4, 0.5) is 5.82 Å². The molecule has 1 aliphatic rings. The fraction of sp³-hybridized carbons (Fsp3) is 0.400. The number of aromatic nitrogens is 3. The summed E-state index contributed by atoms with van der Waals surface area (Å²) in [5.74, 6) is 1.55. The lowest BCUT2D eigenvalue weighted by Crippen LogP contribution is -2.08. The van der Waals surface area contributed by atoms with E-state index in [1.165, 1.54) is 0 Å². The Balaban J connectivity index is 1.97. The minimum Gasteiger partial charge on any atom is -0.383 e. The summed E-state index contributed by atoms with van der Waals surface area (Å²) < 4.78 is 1.90. The Kier molecular flexibility index (Phi) is 4.83. The van der Waals surface area contributed by atoms with E-state index in [0.717, 1.165) is 46.6 Å². The number of aliphatic imine (C=N–C) groups is 1. The second-order valence-corrected chi connectivity index (χ2v) is 7.05. The number of thioether (sulfide) groups is 1. The van der Waals surface area contributed by atoms with Crippen LogP contribution in [0.5, 0.6) is 0 Å². The number of pyridine rings is 1. The molecule has 5 nitrogen and oxygen atoms in total. The summed E-state index contributed by atoms with van der Waals surface area (Å²) in [6, 6.07) is 4.07. The Bertz CT molecular complexity index is 697. The standard InChI is InChI=1S/C15H18BrN5S/c1-10-9-13(11(3-2-5-16)14(17)19-10)21-7-4-12(20-21)15-18-6-8-22-15/h4,6-7,9,15H,2-3,5,8H2,1H3,(H2,17,19). The SMILES string of the molecule is Cc1cc(-n2ccc(C3N=CCS3)n2)c(CCCBr)c(N)n1. The highest BCUT2D eigenvalue weighted by Crippen LogP contribution is 2.32. The third kappa shape index (κ3) is 3.20. The number of alkyl halides is 1. The van der Waals surface area contributed by atoms with Gasteiger partial charge in [-0.15, -0.1) is 11.8 Å². The first-order chi connectivity index (χ1) is 10.7. The van der Waals surface area contributed by atoms with Gasteiger partial charge >= 0.3 is 0 Å².